The minimum absolute atomic E-state index is 0.169. The molecule has 0 aliphatic heterocycles. The smallest absolute Gasteiger partial charge is 0.306 e. The Morgan fingerprint density at radius 2 is 0.868 bits per heavy atom. The lowest BCUT2D eigenvalue weighted by molar-refractivity contribution is -0.154. The normalized spacial score (nSPS) is 12.2. The van der Waals surface area contributed by atoms with Crippen molar-refractivity contribution in [2.45, 2.75) is 193 Å². The summed E-state index contributed by atoms with van der Waals surface area (Å²) in [6.45, 7) is 5.15. The van der Waals surface area contributed by atoms with Gasteiger partial charge in [0.15, 0.2) is 0 Å². The zero-order valence-corrected chi connectivity index (χ0v) is 26.0. The highest BCUT2D eigenvalue weighted by Crippen LogP contribution is 2.15. The molecule has 0 aromatic heterocycles. The number of carbonyl (C=O) groups excluding carboxylic acids is 1. The summed E-state index contributed by atoms with van der Waals surface area (Å²) in [6, 6.07) is 0. The number of aliphatic hydroxyl groups is 1. The zero-order chi connectivity index (χ0) is 27.8. The first-order chi connectivity index (χ1) is 18.7. The number of esters is 1. The SMILES string of the molecule is CCCCCCCCCCCCCCCCCCCCCCCCCCOCC(CO)OC(=O)CCCC. The maximum Gasteiger partial charge on any atom is 0.306 e. The first-order valence-electron chi connectivity index (χ1n) is 17.1. The Morgan fingerprint density at radius 1 is 0.526 bits per heavy atom. The maximum absolute atomic E-state index is 11.6. The molecule has 1 atom stereocenters. The van der Waals surface area contributed by atoms with Gasteiger partial charge < -0.3 is 14.6 Å². The minimum Gasteiger partial charge on any atom is -0.457 e. The molecule has 0 fully saturated rings. The Kier molecular flexibility index (Phi) is 32.1. The van der Waals surface area contributed by atoms with Gasteiger partial charge in [-0.25, -0.2) is 0 Å². The van der Waals surface area contributed by atoms with Crippen LogP contribution in [0.1, 0.15) is 187 Å². The van der Waals surface area contributed by atoms with Crippen LogP contribution >= 0.6 is 0 Å². The van der Waals surface area contributed by atoms with E-state index in [1.807, 2.05) is 6.92 Å². The molecular formula is C34H68O4. The fourth-order valence-corrected chi connectivity index (χ4v) is 5.07. The molecule has 1 unspecified atom stereocenters. The van der Waals surface area contributed by atoms with Crippen LogP contribution in [0.25, 0.3) is 0 Å². The molecule has 38 heavy (non-hydrogen) atoms. The molecule has 0 amide bonds. The number of hydrogen-bond donors (Lipinski definition) is 1. The third-order valence-corrected chi connectivity index (χ3v) is 7.68. The van der Waals surface area contributed by atoms with Crippen LogP contribution in [0.2, 0.25) is 0 Å². The van der Waals surface area contributed by atoms with E-state index < -0.39 is 6.10 Å². The maximum atomic E-state index is 11.6. The Balaban J connectivity index is 3.19. The lowest BCUT2D eigenvalue weighted by Gasteiger charge is -2.15. The molecule has 0 saturated heterocycles. The van der Waals surface area contributed by atoms with Crippen LogP contribution in [-0.4, -0.2) is 37.0 Å². The van der Waals surface area contributed by atoms with Crippen LogP contribution in [0, 0.1) is 0 Å². The van der Waals surface area contributed by atoms with Crippen LogP contribution in [0.15, 0.2) is 0 Å². The summed E-state index contributed by atoms with van der Waals surface area (Å²) in [4.78, 5) is 11.6. The summed E-state index contributed by atoms with van der Waals surface area (Å²) in [6.07, 6.45) is 35.3. The Hall–Kier alpha value is -0.610. The van der Waals surface area contributed by atoms with Crippen molar-refractivity contribution in [1.82, 2.24) is 0 Å². The summed E-state index contributed by atoms with van der Waals surface area (Å²) in [5, 5.41) is 9.34. The first kappa shape index (κ1) is 37.4. The monoisotopic (exact) mass is 541 g/mol. The van der Waals surface area contributed by atoms with Crippen molar-refractivity contribution in [2.24, 2.45) is 0 Å². The standard InChI is InChI=1S/C34H68O4/c1-3-5-7-8-9-10-11-12-13-14-15-16-17-18-19-20-21-22-23-24-25-26-27-28-30-37-32-33(31-35)38-34(36)29-6-4-2/h33,35H,3-32H2,1-2H3. The van der Waals surface area contributed by atoms with Crippen molar-refractivity contribution in [3.8, 4) is 0 Å². The van der Waals surface area contributed by atoms with E-state index in [1.54, 1.807) is 0 Å². The van der Waals surface area contributed by atoms with E-state index in [2.05, 4.69) is 6.92 Å². The van der Waals surface area contributed by atoms with E-state index in [-0.39, 0.29) is 12.6 Å². The topological polar surface area (TPSA) is 55.8 Å². The molecule has 4 nitrogen and oxygen atoms in total. The van der Waals surface area contributed by atoms with Crippen molar-refractivity contribution in [3.63, 3.8) is 0 Å². The van der Waals surface area contributed by atoms with E-state index in [0.717, 1.165) is 19.3 Å². The first-order valence-corrected chi connectivity index (χ1v) is 17.1. The molecule has 228 valence electrons. The van der Waals surface area contributed by atoms with Crippen LogP contribution < -0.4 is 0 Å². The van der Waals surface area contributed by atoms with Gasteiger partial charge in [-0.1, -0.05) is 168 Å². The Bertz CT molecular complexity index is 454. The fourth-order valence-electron chi connectivity index (χ4n) is 5.07. The number of rotatable bonds is 32. The van der Waals surface area contributed by atoms with E-state index in [1.165, 1.54) is 148 Å². The van der Waals surface area contributed by atoms with Crippen molar-refractivity contribution in [2.75, 3.05) is 19.8 Å². The predicted molar refractivity (Wildman–Crippen MR) is 164 cm³/mol. The molecule has 0 aromatic carbocycles. The third-order valence-electron chi connectivity index (χ3n) is 7.68. The average molecular weight is 541 g/mol. The van der Waals surface area contributed by atoms with Crippen molar-refractivity contribution >= 4 is 5.97 Å². The molecule has 1 N–H and O–H groups in total. The highest BCUT2D eigenvalue weighted by Gasteiger charge is 2.13. The highest BCUT2D eigenvalue weighted by molar-refractivity contribution is 5.69. The van der Waals surface area contributed by atoms with Crippen LogP contribution in [0.4, 0.5) is 0 Å². The van der Waals surface area contributed by atoms with Crippen molar-refractivity contribution < 1.29 is 19.4 Å². The van der Waals surface area contributed by atoms with E-state index >= 15 is 0 Å². The van der Waals surface area contributed by atoms with Gasteiger partial charge in [0.1, 0.15) is 6.10 Å². The van der Waals surface area contributed by atoms with Gasteiger partial charge in [0.2, 0.25) is 0 Å². The summed E-state index contributed by atoms with van der Waals surface area (Å²) >= 11 is 0. The Morgan fingerprint density at radius 3 is 1.21 bits per heavy atom. The van der Waals surface area contributed by atoms with E-state index in [0.29, 0.717) is 19.6 Å². The Labute approximate surface area is 238 Å². The van der Waals surface area contributed by atoms with Crippen LogP contribution in [0.5, 0.6) is 0 Å². The molecule has 0 heterocycles. The average Bonchev–Trinajstić information content (AvgIpc) is 2.93. The summed E-state index contributed by atoms with van der Waals surface area (Å²) in [7, 11) is 0. The van der Waals surface area contributed by atoms with Crippen LogP contribution in [0.3, 0.4) is 0 Å². The number of aliphatic hydroxyl groups excluding tert-OH is 1. The number of ether oxygens (including phenoxy) is 2. The summed E-state index contributed by atoms with van der Waals surface area (Å²) < 4.78 is 10.8. The predicted octanol–water partition coefficient (Wildman–Crippen LogP) is 10.5. The molecular weight excluding hydrogens is 472 g/mol. The van der Waals surface area contributed by atoms with E-state index in [9.17, 15) is 9.90 Å². The molecule has 0 rings (SSSR count). The molecule has 0 spiro atoms. The van der Waals surface area contributed by atoms with Gasteiger partial charge in [-0.05, 0) is 12.8 Å². The van der Waals surface area contributed by atoms with Gasteiger partial charge in [0.05, 0.1) is 13.2 Å². The molecule has 0 aliphatic rings. The zero-order valence-electron chi connectivity index (χ0n) is 26.0. The second kappa shape index (κ2) is 32.6. The molecule has 4 heteroatoms. The third kappa shape index (κ3) is 29.9. The summed E-state index contributed by atoms with van der Waals surface area (Å²) in [5.41, 5.74) is 0. The summed E-state index contributed by atoms with van der Waals surface area (Å²) in [5.74, 6) is -0.232. The molecule has 0 aliphatic carbocycles. The van der Waals surface area contributed by atoms with Gasteiger partial charge in [0.25, 0.3) is 0 Å². The number of hydrogen-bond acceptors (Lipinski definition) is 4. The minimum atomic E-state index is -0.520. The van der Waals surface area contributed by atoms with Gasteiger partial charge in [0, 0.05) is 13.0 Å². The molecule has 0 bridgehead atoms. The number of carbonyl (C=O) groups is 1. The molecule has 0 aromatic rings. The number of unbranched alkanes of at least 4 members (excludes halogenated alkanes) is 24. The van der Waals surface area contributed by atoms with Crippen LogP contribution in [-0.2, 0) is 14.3 Å². The van der Waals surface area contributed by atoms with Crippen molar-refractivity contribution in [3.05, 3.63) is 0 Å². The fraction of sp³-hybridized carbons (Fsp3) is 0.971. The lowest BCUT2D eigenvalue weighted by atomic mass is 10.0. The van der Waals surface area contributed by atoms with Gasteiger partial charge >= 0.3 is 5.97 Å². The largest absolute Gasteiger partial charge is 0.457 e. The molecule has 0 radical (unpaired) electrons. The van der Waals surface area contributed by atoms with Gasteiger partial charge in [-0.3, -0.25) is 4.79 Å². The van der Waals surface area contributed by atoms with Gasteiger partial charge in [-0.15, -0.1) is 0 Å². The lowest BCUT2D eigenvalue weighted by Crippen LogP contribution is -2.27. The van der Waals surface area contributed by atoms with Gasteiger partial charge in [-0.2, -0.15) is 0 Å². The second-order valence-electron chi connectivity index (χ2n) is 11.6. The molecule has 0 saturated carbocycles. The van der Waals surface area contributed by atoms with Crippen molar-refractivity contribution in [1.29, 1.82) is 0 Å². The highest BCUT2D eigenvalue weighted by atomic mass is 16.6. The quantitative estimate of drug-likeness (QED) is 0.0681. The second-order valence-corrected chi connectivity index (χ2v) is 11.6. The van der Waals surface area contributed by atoms with E-state index in [4.69, 9.17) is 9.47 Å².